The van der Waals surface area contributed by atoms with Crippen LogP contribution in [0.4, 0.5) is 4.39 Å². The van der Waals surface area contributed by atoms with Gasteiger partial charge < -0.3 is 5.32 Å². The Bertz CT molecular complexity index is 573. The molecule has 1 N–H and O–H groups in total. The molecular formula is C14H17ClFN3S. The van der Waals surface area contributed by atoms with Crippen LogP contribution in [0.1, 0.15) is 42.4 Å². The van der Waals surface area contributed by atoms with Crippen LogP contribution in [0.5, 0.6) is 0 Å². The minimum Gasteiger partial charge on any atom is -0.306 e. The van der Waals surface area contributed by atoms with Crippen LogP contribution >= 0.6 is 23.1 Å². The maximum atomic E-state index is 14.2. The van der Waals surface area contributed by atoms with E-state index >= 15 is 0 Å². The van der Waals surface area contributed by atoms with Crippen molar-refractivity contribution < 1.29 is 4.39 Å². The highest BCUT2D eigenvalue weighted by Gasteiger charge is 2.22. The van der Waals surface area contributed by atoms with Crippen molar-refractivity contribution in [2.24, 2.45) is 0 Å². The van der Waals surface area contributed by atoms with E-state index in [2.05, 4.69) is 21.8 Å². The number of aryl methyl sites for hydroxylation is 1. The zero-order chi connectivity index (χ0) is 14.5. The van der Waals surface area contributed by atoms with Crippen LogP contribution in [-0.4, -0.2) is 16.1 Å². The summed E-state index contributed by atoms with van der Waals surface area (Å²) in [7, 11) is 0. The maximum Gasteiger partial charge on any atom is 0.129 e. The highest BCUT2D eigenvalue weighted by Crippen LogP contribution is 2.30. The SMILES string of the molecule is CCCc1nnsc1C(NCC)c1ccc(Cl)cc1F. The largest absolute Gasteiger partial charge is 0.306 e. The molecule has 1 aromatic heterocycles. The summed E-state index contributed by atoms with van der Waals surface area (Å²) < 4.78 is 18.2. The van der Waals surface area contributed by atoms with Crippen LogP contribution in [0.25, 0.3) is 0 Å². The Morgan fingerprint density at radius 2 is 2.20 bits per heavy atom. The molecule has 2 aromatic rings. The quantitative estimate of drug-likeness (QED) is 0.876. The number of halogens is 2. The standard InChI is InChI=1S/C14H17ClFN3S/c1-3-5-12-14(20-19-18-12)13(17-4-2)10-7-6-9(15)8-11(10)16/h6-8,13,17H,3-5H2,1-2H3. The molecule has 0 radical (unpaired) electrons. The Hall–Kier alpha value is -1.04. The lowest BCUT2D eigenvalue weighted by Gasteiger charge is -2.18. The van der Waals surface area contributed by atoms with Gasteiger partial charge in [-0.3, -0.25) is 0 Å². The fourth-order valence-electron chi connectivity index (χ4n) is 2.13. The first-order valence-electron chi connectivity index (χ1n) is 6.66. The molecule has 0 fully saturated rings. The van der Waals surface area contributed by atoms with E-state index in [1.807, 2.05) is 6.92 Å². The Morgan fingerprint density at radius 1 is 1.40 bits per heavy atom. The molecule has 0 aliphatic rings. The van der Waals surface area contributed by atoms with E-state index in [0.29, 0.717) is 10.6 Å². The van der Waals surface area contributed by atoms with Crippen molar-refractivity contribution in [3.63, 3.8) is 0 Å². The number of rotatable bonds is 6. The molecule has 0 aliphatic carbocycles. The third-order valence-electron chi connectivity index (χ3n) is 3.02. The van der Waals surface area contributed by atoms with E-state index in [9.17, 15) is 4.39 Å². The summed E-state index contributed by atoms with van der Waals surface area (Å²) in [6.45, 7) is 4.82. The first-order valence-corrected chi connectivity index (χ1v) is 7.82. The van der Waals surface area contributed by atoms with Gasteiger partial charge in [-0.05, 0) is 36.6 Å². The van der Waals surface area contributed by atoms with E-state index in [4.69, 9.17) is 11.6 Å². The Kier molecular flexibility index (Phi) is 5.46. The summed E-state index contributed by atoms with van der Waals surface area (Å²) in [4.78, 5) is 0.981. The molecule has 1 heterocycles. The zero-order valence-corrected chi connectivity index (χ0v) is 13.1. The Morgan fingerprint density at radius 3 is 2.85 bits per heavy atom. The van der Waals surface area contributed by atoms with Crippen molar-refractivity contribution in [3.8, 4) is 0 Å². The summed E-state index contributed by atoms with van der Waals surface area (Å²) in [6.07, 6.45) is 1.84. The predicted octanol–water partition coefficient (Wildman–Crippen LogP) is 3.98. The van der Waals surface area contributed by atoms with Gasteiger partial charge in [0, 0.05) is 10.6 Å². The molecule has 0 amide bonds. The van der Waals surface area contributed by atoms with Crippen LogP contribution in [0.3, 0.4) is 0 Å². The van der Waals surface area contributed by atoms with Gasteiger partial charge in [-0.2, -0.15) is 0 Å². The first kappa shape index (κ1) is 15.4. The number of aromatic nitrogens is 2. The van der Waals surface area contributed by atoms with Crippen molar-refractivity contribution in [1.82, 2.24) is 14.9 Å². The first-order chi connectivity index (χ1) is 9.67. The van der Waals surface area contributed by atoms with E-state index in [0.717, 1.165) is 30.0 Å². The van der Waals surface area contributed by atoms with Gasteiger partial charge in [0.25, 0.3) is 0 Å². The van der Waals surface area contributed by atoms with Gasteiger partial charge in [-0.15, -0.1) is 5.10 Å². The molecule has 0 spiro atoms. The number of benzene rings is 1. The molecule has 1 unspecified atom stereocenters. The molecule has 1 atom stereocenters. The molecule has 3 nitrogen and oxygen atoms in total. The second-order valence-electron chi connectivity index (χ2n) is 4.49. The Balaban J connectivity index is 2.42. The average molecular weight is 314 g/mol. The minimum absolute atomic E-state index is 0.223. The highest BCUT2D eigenvalue weighted by molar-refractivity contribution is 7.05. The lowest BCUT2D eigenvalue weighted by molar-refractivity contribution is 0.560. The normalized spacial score (nSPS) is 12.6. The van der Waals surface area contributed by atoms with Gasteiger partial charge in [0.05, 0.1) is 16.6 Å². The van der Waals surface area contributed by atoms with Crippen molar-refractivity contribution >= 4 is 23.1 Å². The minimum atomic E-state index is -0.306. The molecule has 0 saturated carbocycles. The van der Waals surface area contributed by atoms with Crippen LogP contribution < -0.4 is 5.32 Å². The topological polar surface area (TPSA) is 37.8 Å². The average Bonchev–Trinajstić information content (AvgIpc) is 2.85. The van der Waals surface area contributed by atoms with Crippen LogP contribution in [0.15, 0.2) is 18.2 Å². The molecule has 2 rings (SSSR count). The lowest BCUT2D eigenvalue weighted by Crippen LogP contribution is -2.23. The molecule has 0 aliphatic heterocycles. The Labute approximate surface area is 127 Å². The number of hydrogen-bond acceptors (Lipinski definition) is 4. The second-order valence-corrected chi connectivity index (χ2v) is 5.71. The monoisotopic (exact) mass is 313 g/mol. The van der Waals surface area contributed by atoms with Crippen LogP contribution in [0, 0.1) is 5.82 Å². The van der Waals surface area contributed by atoms with Gasteiger partial charge in [-0.25, -0.2) is 4.39 Å². The smallest absolute Gasteiger partial charge is 0.129 e. The fraction of sp³-hybridized carbons (Fsp3) is 0.429. The van der Waals surface area contributed by atoms with Gasteiger partial charge in [0.15, 0.2) is 0 Å². The second kappa shape index (κ2) is 7.11. The van der Waals surface area contributed by atoms with Gasteiger partial charge in [0.2, 0.25) is 0 Å². The van der Waals surface area contributed by atoms with Crippen molar-refractivity contribution in [2.75, 3.05) is 6.54 Å². The molecule has 6 heteroatoms. The summed E-state index contributed by atoms with van der Waals surface area (Å²) >= 11 is 7.14. The zero-order valence-electron chi connectivity index (χ0n) is 11.5. The summed E-state index contributed by atoms with van der Waals surface area (Å²) in [5.41, 5.74) is 1.53. The van der Waals surface area contributed by atoms with E-state index < -0.39 is 0 Å². The van der Waals surface area contributed by atoms with Crippen molar-refractivity contribution in [1.29, 1.82) is 0 Å². The summed E-state index contributed by atoms with van der Waals surface area (Å²) in [6, 6.07) is 4.55. The van der Waals surface area contributed by atoms with Gasteiger partial charge in [-0.1, -0.05) is 42.4 Å². The van der Waals surface area contributed by atoms with E-state index in [-0.39, 0.29) is 11.9 Å². The number of nitrogens with one attached hydrogen (secondary N) is 1. The fourth-order valence-corrected chi connectivity index (χ4v) is 3.08. The molecule has 1 aromatic carbocycles. The molecule has 20 heavy (non-hydrogen) atoms. The van der Waals surface area contributed by atoms with Crippen LogP contribution in [-0.2, 0) is 6.42 Å². The maximum absolute atomic E-state index is 14.2. The lowest BCUT2D eigenvalue weighted by atomic mass is 10.0. The van der Waals surface area contributed by atoms with E-state index in [1.54, 1.807) is 12.1 Å². The van der Waals surface area contributed by atoms with E-state index in [1.165, 1.54) is 17.6 Å². The molecule has 0 bridgehead atoms. The third-order valence-corrected chi connectivity index (χ3v) is 4.08. The van der Waals surface area contributed by atoms with Gasteiger partial charge in [0.1, 0.15) is 5.82 Å². The number of hydrogen-bond donors (Lipinski definition) is 1. The third kappa shape index (κ3) is 3.34. The highest BCUT2D eigenvalue weighted by atomic mass is 35.5. The molecule has 0 saturated heterocycles. The summed E-state index contributed by atoms with van der Waals surface area (Å²) in [5.74, 6) is -0.306. The summed E-state index contributed by atoms with van der Waals surface area (Å²) in [5, 5.41) is 7.87. The van der Waals surface area contributed by atoms with Crippen molar-refractivity contribution in [2.45, 2.75) is 32.7 Å². The van der Waals surface area contributed by atoms with Gasteiger partial charge >= 0.3 is 0 Å². The number of nitrogens with zero attached hydrogens (tertiary/aromatic N) is 2. The van der Waals surface area contributed by atoms with Crippen molar-refractivity contribution in [3.05, 3.63) is 45.2 Å². The predicted molar refractivity (Wildman–Crippen MR) is 80.8 cm³/mol. The molecular weight excluding hydrogens is 297 g/mol. The van der Waals surface area contributed by atoms with Crippen LogP contribution in [0.2, 0.25) is 5.02 Å². The molecule has 108 valence electrons.